The van der Waals surface area contributed by atoms with Gasteiger partial charge in [0, 0.05) is 5.92 Å². The second-order valence-corrected chi connectivity index (χ2v) is 6.56. The highest BCUT2D eigenvalue weighted by atomic mass is 16.4. The van der Waals surface area contributed by atoms with E-state index in [4.69, 9.17) is 5.11 Å². The van der Waals surface area contributed by atoms with Crippen LogP contribution in [0.4, 0.5) is 0 Å². The van der Waals surface area contributed by atoms with Crippen LogP contribution in [-0.2, 0) is 9.59 Å². The van der Waals surface area contributed by atoms with E-state index in [0.29, 0.717) is 23.5 Å². The summed E-state index contributed by atoms with van der Waals surface area (Å²) >= 11 is 0. The molecule has 2 rings (SSSR count). The van der Waals surface area contributed by atoms with Gasteiger partial charge in [-0.1, -0.05) is 12.2 Å². The minimum absolute atomic E-state index is 0.120. The highest BCUT2D eigenvalue weighted by Gasteiger charge is 2.25. The number of ketones is 1. The molecule has 112 valence electrons. The predicted molar refractivity (Wildman–Crippen MR) is 78.4 cm³/mol. The van der Waals surface area contributed by atoms with Gasteiger partial charge in [0.1, 0.15) is 5.78 Å². The molecular formula is C17H26O3. The fourth-order valence-electron chi connectivity index (χ4n) is 3.59. The van der Waals surface area contributed by atoms with E-state index < -0.39 is 5.97 Å². The van der Waals surface area contributed by atoms with E-state index in [2.05, 4.69) is 12.2 Å². The van der Waals surface area contributed by atoms with Gasteiger partial charge >= 0.3 is 5.97 Å². The Labute approximate surface area is 121 Å². The van der Waals surface area contributed by atoms with Crippen molar-refractivity contribution < 1.29 is 14.7 Å². The SMILES string of the molecule is CC(=O)C1CCC(/C=C/C2CCC(C(=O)O)CC2)CC1. The molecule has 0 aromatic carbocycles. The molecule has 2 aliphatic carbocycles. The van der Waals surface area contributed by atoms with Gasteiger partial charge in [-0.15, -0.1) is 0 Å². The number of Topliss-reactive ketones (excluding diaryl/α,β-unsaturated/α-hetero) is 1. The molecule has 0 saturated heterocycles. The maximum atomic E-state index is 11.3. The molecule has 2 saturated carbocycles. The van der Waals surface area contributed by atoms with Crippen LogP contribution >= 0.6 is 0 Å². The lowest BCUT2D eigenvalue weighted by Gasteiger charge is -2.26. The molecule has 1 N–H and O–H groups in total. The van der Waals surface area contributed by atoms with Crippen LogP contribution in [0.15, 0.2) is 12.2 Å². The van der Waals surface area contributed by atoms with Crippen LogP contribution in [0.3, 0.4) is 0 Å². The van der Waals surface area contributed by atoms with Crippen molar-refractivity contribution in [2.45, 2.75) is 58.3 Å². The average molecular weight is 278 g/mol. The Morgan fingerprint density at radius 2 is 1.20 bits per heavy atom. The van der Waals surface area contributed by atoms with Crippen molar-refractivity contribution >= 4 is 11.8 Å². The van der Waals surface area contributed by atoms with Crippen LogP contribution in [0.25, 0.3) is 0 Å². The third-order valence-corrected chi connectivity index (χ3v) is 5.12. The van der Waals surface area contributed by atoms with Crippen LogP contribution in [0.5, 0.6) is 0 Å². The van der Waals surface area contributed by atoms with E-state index in [9.17, 15) is 9.59 Å². The van der Waals surface area contributed by atoms with Crippen LogP contribution in [0, 0.1) is 23.7 Å². The molecule has 0 aromatic rings. The number of allylic oxidation sites excluding steroid dienone is 2. The minimum atomic E-state index is -0.630. The van der Waals surface area contributed by atoms with Gasteiger partial charge < -0.3 is 5.11 Å². The van der Waals surface area contributed by atoms with Crippen molar-refractivity contribution in [1.29, 1.82) is 0 Å². The Kier molecular flexibility index (Phi) is 5.38. The molecule has 3 heteroatoms. The Balaban J connectivity index is 1.72. The zero-order chi connectivity index (χ0) is 14.5. The number of carboxylic acid groups (broad SMARTS) is 1. The van der Waals surface area contributed by atoms with E-state index in [-0.39, 0.29) is 5.92 Å². The van der Waals surface area contributed by atoms with Crippen LogP contribution < -0.4 is 0 Å². The topological polar surface area (TPSA) is 54.4 Å². The van der Waals surface area contributed by atoms with Gasteiger partial charge in [-0.25, -0.2) is 0 Å². The second kappa shape index (κ2) is 7.05. The minimum Gasteiger partial charge on any atom is -0.481 e. The van der Waals surface area contributed by atoms with Crippen LogP contribution in [-0.4, -0.2) is 16.9 Å². The first-order chi connectivity index (χ1) is 9.56. The van der Waals surface area contributed by atoms with Crippen LogP contribution in [0.2, 0.25) is 0 Å². The number of rotatable bonds is 4. The summed E-state index contributed by atoms with van der Waals surface area (Å²) in [6, 6.07) is 0. The quantitative estimate of drug-likeness (QED) is 0.795. The Hall–Kier alpha value is -1.12. The standard InChI is InChI=1S/C17H26O3/c1-12(18)15-8-4-13(5-9-15)2-3-14-6-10-16(11-7-14)17(19)20/h2-3,13-16H,4-11H2,1H3,(H,19,20)/b3-2+. The highest BCUT2D eigenvalue weighted by Crippen LogP contribution is 2.33. The normalized spacial score (nSPS) is 35.0. The molecule has 0 radical (unpaired) electrons. The number of hydrogen-bond acceptors (Lipinski definition) is 2. The Morgan fingerprint density at radius 3 is 1.55 bits per heavy atom. The molecule has 20 heavy (non-hydrogen) atoms. The summed E-state index contributed by atoms with van der Waals surface area (Å²) in [5, 5.41) is 8.98. The summed E-state index contributed by atoms with van der Waals surface area (Å²) in [4.78, 5) is 22.2. The third kappa shape index (κ3) is 4.19. The maximum Gasteiger partial charge on any atom is 0.306 e. The average Bonchev–Trinajstić information content (AvgIpc) is 2.46. The molecule has 0 bridgehead atoms. The predicted octanol–water partition coefficient (Wildman–Crippen LogP) is 3.83. The lowest BCUT2D eigenvalue weighted by molar-refractivity contribution is -0.143. The summed E-state index contributed by atoms with van der Waals surface area (Å²) in [7, 11) is 0. The zero-order valence-corrected chi connectivity index (χ0v) is 12.4. The molecule has 0 aromatic heterocycles. The summed E-state index contributed by atoms with van der Waals surface area (Å²) in [6.07, 6.45) is 12.6. The highest BCUT2D eigenvalue weighted by molar-refractivity contribution is 5.78. The van der Waals surface area contributed by atoms with E-state index in [1.54, 1.807) is 6.92 Å². The summed E-state index contributed by atoms with van der Waals surface area (Å²) < 4.78 is 0. The molecule has 0 unspecified atom stereocenters. The van der Waals surface area contributed by atoms with Gasteiger partial charge in [-0.2, -0.15) is 0 Å². The molecule has 0 aliphatic heterocycles. The fourth-order valence-corrected chi connectivity index (χ4v) is 3.59. The van der Waals surface area contributed by atoms with Gasteiger partial charge in [-0.05, 0) is 70.1 Å². The van der Waals surface area contributed by atoms with Gasteiger partial charge in [-0.3, -0.25) is 9.59 Å². The van der Waals surface area contributed by atoms with Gasteiger partial charge in [0.05, 0.1) is 5.92 Å². The zero-order valence-electron chi connectivity index (χ0n) is 12.4. The van der Waals surface area contributed by atoms with Gasteiger partial charge in [0.2, 0.25) is 0 Å². The Morgan fingerprint density at radius 1 is 0.800 bits per heavy atom. The summed E-state index contributed by atoms with van der Waals surface area (Å²) in [5.74, 6) is 1.09. The third-order valence-electron chi connectivity index (χ3n) is 5.12. The number of carbonyl (C=O) groups excluding carboxylic acids is 1. The first kappa shape index (κ1) is 15.3. The molecule has 0 atom stereocenters. The van der Waals surface area contributed by atoms with E-state index in [0.717, 1.165) is 51.4 Å². The van der Waals surface area contributed by atoms with E-state index in [1.807, 2.05) is 0 Å². The van der Waals surface area contributed by atoms with Crippen molar-refractivity contribution in [2.24, 2.45) is 23.7 Å². The molecular weight excluding hydrogens is 252 g/mol. The lowest BCUT2D eigenvalue weighted by atomic mass is 9.78. The molecule has 0 heterocycles. The van der Waals surface area contributed by atoms with Crippen molar-refractivity contribution in [3.05, 3.63) is 12.2 Å². The monoisotopic (exact) mass is 278 g/mol. The molecule has 2 aliphatic rings. The smallest absolute Gasteiger partial charge is 0.306 e. The summed E-state index contributed by atoms with van der Waals surface area (Å²) in [6.45, 7) is 1.71. The second-order valence-electron chi connectivity index (χ2n) is 6.56. The maximum absolute atomic E-state index is 11.3. The first-order valence-electron chi connectivity index (χ1n) is 7.98. The van der Waals surface area contributed by atoms with Crippen LogP contribution in [0.1, 0.15) is 58.3 Å². The van der Waals surface area contributed by atoms with Crippen molar-refractivity contribution in [2.75, 3.05) is 0 Å². The van der Waals surface area contributed by atoms with Gasteiger partial charge in [0.15, 0.2) is 0 Å². The fraction of sp³-hybridized carbons (Fsp3) is 0.765. The number of hydrogen-bond donors (Lipinski definition) is 1. The van der Waals surface area contributed by atoms with E-state index >= 15 is 0 Å². The molecule has 3 nitrogen and oxygen atoms in total. The molecule has 0 spiro atoms. The lowest BCUT2D eigenvalue weighted by Crippen LogP contribution is -2.21. The van der Waals surface area contributed by atoms with Gasteiger partial charge in [0.25, 0.3) is 0 Å². The Bertz CT molecular complexity index is 334. The van der Waals surface area contributed by atoms with Crippen molar-refractivity contribution in [3.63, 3.8) is 0 Å². The number of carbonyl (C=O) groups is 2. The van der Waals surface area contributed by atoms with E-state index in [1.165, 1.54) is 0 Å². The first-order valence-corrected chi connectivity index (χ1v) is 7.98. The van der Waals surface area contributed by atoms with Crippen molar-refractivity contribution in [3.8, 4) is 0 Å². The number of aliphatic carboxylic acids is 1. The number of carboxylic acids is 1. The molecule has 2 fully saturated rings. The largest absolute Gasteiger partial charge is 0.481 e. The summed E-state index contributed by atoms with van der Waals surface area (Å²) in [5.41, 5.74) is 0. The molecule has 0 amide bonds. The van der Waals surface area contributed by atoms with Crippen molar-refractivity contribution in [1.82, 2.24) is 0 Å².